The van der Waals surface area contributed by atoms with E-state index in [1.165, 1.54) is 16.8 Å². The lowest BCUT2D eigenvalue weighted by atomic mass is 10.0. The summed E-state index contributed by atoms with van der Waals surface area (Å²) in [6.45, 7) is 1.70. The highest BCUT2D eigenvalue weighted by molar-refractivity contribution is 6.30. The van der Waals surface area contributed by atoms with Crippen LogP contribution in [0.4, 0.5) is 13.2 Å². The minimum Gasteiger partial charge on any atom is -0.294 e. The first-order valence-corrected chi connectivity index (χ1v) is 6.46. The Kier molecular flexibility index (Phi) is 4.09. The fraction of sp³-hybridized carbons (Fsp3) is 0.286. The minimum absolute atomic E-state index is 0.00384. The summed E-state index contributed by atoms with van der Waals surface area (Å²) in [6, 6.07) is 4.35. The highest BCUT2D eigenvalue weighted by Gasteiger charge is 2.31. The predicted molar refractivity (Wildman–Crippen MR) is 72.4 cm³/mol. The van der Waals surface area contributed by atoms with E-state index in [-0.39, 0.29) is 12.0 Å². The Hall–Kier alpha value is -1.82. The van der Waals surface area contributed by atoms with Crippen molar-refractivity contribution in [1.82, 2.24) is 9.78 Å². The number of aromatic nitrogens is 2. The maximum Gasteiger partial charge on any atom is 0.416 e. The minimum atomic E-state index is -4.47. The van der Waals surface area contributed by atoms with E-state index in [4.69, 9.17) is 11.6 Å². The maximum absolute atomic E-state index is 12.6. The molecule has 1 heterocycles. The van der Waals surface area contributed by atoms with Crippen molar-refractivity contribution in [3.8, 4) is 0 Å². The number of Topliss-reactive ketones (excluding diaryl/α,β-unsaturated/α-hetero) is 1. The molecule has 0 amide bonds. The first-order valence-electron chi connectivity index (χ1n) is 6.08. The van der Waals surface area contributed by atoms with Gasteiger partial charge in [-0.3, -0.25) is 9.48 Å². The van der Waals surface area contributed by atoms with Crippen molar-refractivity contribution in [3.05, 3.63) is 51.8 Å². The quantitative estimate of drug-likeness (QED) is 0.807. The zero-order chi connectivity index (χ0) is 15.8. The van der Waals surface area contributed by atoms with Gasteiger partial charge in [-0.2, -0.15) is 18.3 Å². The van der Waals surface area contributed by atoms with E-state index < -0.39 is 17.5 Å². The number of hydrogen-bond donors (Lipinski definition) is 0. The first-order chi connectivity index (χ1) is 9.70. The molecule has 2 aromatic rings. The van der Waals surface area contributed by atoms with Crippen LogP contribution in [0, 0.1) is 6.92 Å². The molecule has 0 saturated carbocycles. The summed E-state index contributed by atoms with van der Waals surface area (Å²) >= 11 is 6.02. The normalized spacial score (nSPS) is 11.7. The predicted octanol–water partition coefficient (Wildman–Crippen LogP) is 3.83. The van der Waals surface area contributed by atoms with Gasteiger partial charge >= 0.3 is 6.18 Å². The fourth-order valence-electron chi connectivity index (χ4n) is 2.01. The molecule has 0 aliphatic heterocycles. The maximum atomic E-state index is 12.6. The number of carbonyl (C=O) groups is 1. The Bertz CT molecular complexity index is 692. The van der Waals surface area contributed by atoms with Crippen molar-refractivity contribution in [2.24, 2.45) is 7.05 Å². The van der Waals surface area contributed by atoms with Crippen LogP contribution in [0.3, 0.4) is 0 Å². The van der Waals surface area contributed by atoms with Crippen LogP contribution < -0.4 is 0 Å². The lowest BCUT2D eigenvalue weighted by molar-refractivity contribution is -0.137. The molecule has 112 valence electrons. The molecule has 0 spiro atoms. The van der Waals surface area contributed by atoms with Crippen molar-refractivity contribution < 1.29 is 18.0 Å². The summed E-state index contributed by atoms with van der Waals surface area (Å²) in [7, 11) is 1.63. The molecule has 0 saturated heterocycles. The van der Waals surface area contributed by atoms with E-state index in [1.54, 1.807) is 14.0 Å². The largest absolute Gasteiger partial charge is 0.416 e. The Balaban J connectivity index is 2.29. The zero-order valence-corrected chi connectivity index (χ0v) is 12.1. The molecule has 0 aliphatic rings. The second-order valence-corrected chi connectivity index (χ2v) is 5.01. The van der Waals surface area contributed by atoms with Crippen LogP contribution in [0.25, 0.3) is 0 Å². The van der Waals surface area contributed by atoms with E-state index >= 15 is 0 Å². The number of benzene rings is 1. The topological polar surface area (TPSA) is 34.9 Å². The Labute approximate surface area is 124 Å². The van der Waals surface area contributed by atoms with Gasteiger partial charge in [-0.15, -0.1) is 0 Å². The number of ketones is 1. The molecule has 2 rings (SSSR count). The summed E-state index contributed by atoms with van der Waals surface area (Å²) in [5.41, 5.74) is 0.274. The van der Waals surface area contributed by atoms with Crippen LogP contribution in [-0.2, 0) is 19.6 Å². The van der Waals surface area contributed by atoms with Crippen LogP contribution in [0.15, 0.2) is 24.3 Å². The molecule has 0 bridgehead atoms. The molecular formula is C14H12ClF3N2O. The molecule has 0 unspecified atom stereocenters. The highest BCUT2D eigenvalue weighted by Crippen LogP contribution is 2.30. The lowest BCUT2D eigenvalue weighted by Crippen LogP contribution is -2.09. The molecule has 1 aromatic carbocycles. The number of nitrogens with zero attached hydrogens (tertiary/aromatic N) is 2. The van der Waals surface area contributed by atoms with Gasteiger partial charge in [-0.05, 0) is 19.1 Å². The summed E-state index contributed by atoms with van der Waals surface area (Å²) < 4.78 is 39.4. The molecule has 0 N–H and O–H groups in total. The van der Waals surface area contributed by atoms with Crippen molar-refractivity contribution >= 4 is 17.4 Å². The van der Waals surface area contributed by atoms with Gasteiger partial charge in [-0.25, -0.2) is 0 Å². The van der Waals surface area contributed by atoms with Gasteiger partial charge in [0.15, 0.2) is 5.78 Å². The van der Waals surface area contributed by atoms with E-state index in [1.807, 2.05) is 0 Å². The molecule has 0 aliphatic carbocycles. The smallest absolute Gasteiger partial charge is 0.294 e. The average molecular weight is 317 g/mol. The fourth-order valence-corrected chi connectivity index (χ4v) is 2.25. The molecular weight excluding hydrogens is 305 g/mol. The van der Waals surface area contributed by atoms with Crippen LogP contribution >= 0.6 is 11.6 Å². The van der Waals surface area contributed by atoms with Gasteiger partial charge in [-0.1, -0.05) is 23.7 Å². The van der Waals surface area contributed by atoms with Crippen molar-refractivity contribution in [3.63, 3.8) is 0 Å². The number of hydrogen-bond acceptors (Lipinski definition) is 2. The Morgan fingerprint density at radius 3 is 2.57 bits per heavy atom. The van der Waals surface area contributed by atoms with Crippen LogP contribution in [0.2, 0.25) is 5.15 Å². The van der Waals surface area contributed by atoms with Crippen LogP contribution in [-0.4, -0.2) is 15.6 Å². The summed E-state index contributed by atoms with van der Waals surface area (Å²) in [5, 5.41) is 4.38. The Morgan fingerprint density at radius 1 is 1.38 bits per heavy atom. The standard InChI is InChI=1S/C14H12ClF3N2O/c1-8-11(13(15)20(2)19-8)7-12(21)9-4-3-5-10(6-9)14(16,17)18/h3-6H,7H2,1-2H3. The molecule has 21 heavy (non-hydrogen) atoms. The summed E-state index contributed by atoms with van der Waals surface area (Å²) in [6.07, 6.45) is -4.56. The molecule has 0 radical (unpaired) electrons. The van der Waals surface area contributed by atoms with Crippen molar-refractivity contribution in [2.75, 3.05) is 0 Å². The number of alkyl halides is 3. The van der Waals surface area contributed by atoms with Gasteiger partial charge in [0, 0.05) is 24.6 Å². The third-order valence-corrected chi connectivity index (χ3v) is 3.59. The van der Waals surface area contributed by atoms with E-state index in [9.17, 15) is 18.0 Å². The first kappa shape index (κ1) is 15.6. The van der Waals surface area contributed by atoms with Gasteiger partial charge in [0.05, 0.1) is 11.3 Å². The van der Waals surface area contributed by atoms with Gasteiger partial charge in [0.2, 0.25) is 0 Å². The Morgan fingerprint density at radius 2 is 2.05 bits per heavy atom. The zero-order valence-electron chi connectivity index (χ0n) is 11.3. The highest BCUT2D eigenvalue weighted by atomic mass is 35.5. The number of rotatable bonds is 3. The SMILES string of the molecule is Cc1nn(C)c(Cl)c1CC(=O)c1cccc(C(F)(F)F)c1. The second-order valence-electron chi connectivity index (χ2n) is 4.66. The molecule has 7 heteroatoms. The second kappa shape index (κ2) is 5.52. The van der Waals surface area contributed by atoms with Gasteiger partial charge < -0.3 is 0 Å². The number of aryl methyl sites for hydroxylation is 2. The van der Waals surface area contributed by atoms with Gasteiger partial charge in [0.1, 0.15) is 5.15 Å². The van der Waals surface area contributed by atoms with E-state index in [0.717, 1.165) is 12.1 Å². The molecule has 3 nitrogen and oxygen atoms in total. The molecule has 0 fully saturated rings. The average Bonchev–Trinajstić information content (AvgIpc) is 2.64. The van der Waals surface area contributed by atoms with Crippen molar-refractivity contribution in [1.29, 1.82) is 0 Å². The van der Waals surface area contributed by atoms with E-state index in [0.29, 0.717) is 16.4 Å². The van der Waals surface area contributed by atoms with E-state index in [2.05, 4.69) is 5.10 Å². The third-order valence-electron chi connectivity index (χ3n) is 3.12. The summed E-state index contributed by atoms with van der Waals surface area (Å²) in [4.78, 5) is 12.1. The summed E-state index contributed by atoms with van der Waals surface area (Å²) in [5.74, 6) is -0.431. The lowest BCUT2D eigenvalue weighted by Gasteiger charge is -2.08. The number of halogens is 4. The molecule has 0 atom stereocenters. The van der Waals surface area contributed by atoms with Crippen molar-refractivity contribution in [2.45, 2.75) is 19.5 Å². The monoisotopic (exact) mass is 316 g/mol. The van der Waals surface area contributed by atoms with Gasteiger partial charge in [0.25, 0.3) is 0 Å². The van der Waals surface area contributed by atoms with Crippen LogP contribution in [0.5, 0.6) is 0 Å². The third kappa shape index (κ3) is 3.26. The van der Waals surface area contributed by atoms with Crippen LogP contribution in [0.1, 0.15) is 27.2 Å². The number of carbonyl (C=O) groups excluding carboxylic acids is 1. The molecule has 1 aromatic heterocycles.